The average Bonchev–Trinajstić information content (AvgIpc) is 2.95. The molecule has 0 atom stereocenters. The van der Waals surface area contributed by atoms with Gasteiger partial charge in [-0.3, -0.25) is 9.97 Å². The van der Waals surface area contributed by atoms with Crippen LogP contribution in [0.15, 0.2) is 91.3 Å². The summed E-state index contributed by atoms with van der Waals surface area (Å²) in [5.74, 6) is 5.49. The molecule has 0 amide bonds. The maximum Gasteiger partial charge on any atom is 0.335 e. The van der Waals surface area contributed by atoms with Crippen molar-refractivity contribution in [3.05, 3.63) is 130 Å². The Balaban J connectivity index is 1.47. The summed E-state index contributed by atoms with van der Waals surface area (Å²) < 4.78 is 0. The molecule has 0 radical (unpaired) electrons. The van der Waals surface area contributed by atoms with Gasteiger partial charge in [-0.2, -0.15) is 0 Å². The van der Waals surface area contributed by atoms with E-state index in [1.165, 1.54) is 27.8 Å². The minimum Gasteiger partial charge on any atom is -0.478 e. The van der Waals surface area contributed by atoms with Crippen LogP contribution in [0, 0.1) is 39.5 Å². The second-order valence-electron chi connectivity index (χ2n) is 9.74. The highest BCUT2D eigenvalue weighted by Crippen LogP contribution is 2.35. The molecule has 0 aliphatic heterocycles. The van der Waals surface area contributed by atoms with E-state index in [1.54, 1.807) is 30.5 Å². The van der Waals surface area contributed by atoms with E-state index in [2.05, 4.69) is 79.8 Å². The van der Waals surface area contributed by atoms with Crippen molar-refractivity contribution in [2.45, 2.75) is 27.7 Å². The van der Waals surface area contributed by atoms with E-state index >= 15 is 0 Å². The molecule has 1 N–H and O–H groups in total. The molecule has 5 rings (SSSR count). The summed E-state index contributed by atoms with van der Waals surface area (Å²) in [6.07, 6.45) is 3.63. The van der Waals surface area contributed by atoms with Gasteiger partial charge in [-0.15, -0.1) is 0 Å². The van der Waals surface area contributed by atoms with Gasteiger partial charge in [0.05, 0.1) is 17.0 Å². The lowest BCUT2D eigenvalue weighted by Gasteiger charge is -2.16. The topological polar surface area (TPSA) is 63.1 Å². The molecule has 2 aromatic heterocycles. The SMILES string of the molecule is Cc1cc(-c2cc(C)c(-c3ccnc(-c4ccccn4)c3)cc2C)c(C)cc1C#Cc1ccc(C(=O)O)cc1. The van der Waals surface area contributed by atoms with E-state index in [0.717, 1.165) is 39.2 Å². The first-order chi connectivity index (χ1) is 18.8. The van der Waals surface area contributed by atoms with Gasteiger partial charge >= 0.3 is 5.97 Å². The van der Waals surface area contributed by atoms with Crippen LogP contribution in [0.3, 0.4) is 0 Å². The van der Waals surface area contributed by atoms with Crippen LogP contribution in [-0.4, -0.2) is 21.0 Å². The number of aromatic nitrogens is 2. The summed E-state index contributed by atoms with van der Waals surface area (Å²) in [5.41, 5.74) is 13.1. The number of hydrogen-bond acceptors (Lipinski definition) is 3. The second-order valence-corrected chi connectivity index (χ2v) is 9.74. The smallest absolute Gasteiger partial charge is 0.335 e. The van der Waals surface area contributed by atoms with Crippen molar-refractivity contribution in [2.24, 2.45) is 0 Å². The first kappa shape index (κ1) is 25.6. The zero-order valence-electron chi connectivity index (χ0n) is 22.4. The standard InChI is InChI=1S/C35H28N2O2/c1-22-18-31(23(2)17-28(22)13-10-26-8-11-27(12-9-26)35(38)39)32-20-24(3)30(19-25(32)4)29-14-16-37-34(21-29)33-7-5-6-15-36-33/h5-9,11-12,14-21H,1-4H3,(H,38,39). The molecule has 2 heterocycles. The largest absolute Gasteiger partial charge is 0.478 e. The zero-order valence-corrected chi connectivity index (χ0v) is 22.4. The lowest BCUT2D eigenvalue weighted by atomic mass is 9.88. The van der Waals surface area contributed by atoms with E-state index in [1.807, 2.05) is 30.5 Å². The maximum absolute atomic E-state index is 11.1. The summed E-state index contributed by atoms with van der Waals surface area (Å²) in [6.45, 7) is 8.50. The highest BCUT2D eigenvalue weighted by molar-refractivity contribution is 5.87. The Labute approximate surface area is 229 Å². The van der Waals surface area contributed by atoms with Crippen molar-refractivity contribution in [2.75, 3.05) is 0 Å². The lowest BCUT2D eigenvalue weighted by Crippen LogP contribution is -1.95. The molecule has 190 valence electrons. The number of carbonyl (C=O) groups is 1. The van der Waals surface area contributed by atoms with Crippen molar-refractivity contribution < 1.29 is 9.90 Å². The Morgan fingerprint density at radius 3 is 1.97 bits per heavy atom. The minimum absolute atomic E-state index is 0.256. The molecule has 0 spiro atoms. The minimum atomic E-state index is -0.940. The zero-order chi connectivity index (χ0) is 27.5. The third kappa shape index (κ3) is 5.49. The number of benzene rings is 3. The van der Waals surface area contributed by atoms with Gasteiger partial charge in [0.25, 0.3) is 0 Å². The monoisotopic (exact) mass is 508 g/mol. The van der Waals surface area contributed by atoms with E-state index < -0.39 is 5.97 Å². The van der Waals surface area contributed by atoms with Crippen molar-refractivity contribution in [3.8, 4) is 45.5 Å². The van der Waals surface area contributed by atoms with E-state index in [4.69, 9.17) is 5.11 Å². The van der Waals surface area contributed by atoms with Gasteiger partial charge in [-0.1, -0.05) is 30.0 Å². The van der Waals surface area contributed by atoms with Gasteiger partial charge in [-0.05, 0) is 133 Å². The molecule has 39 heavy (non-hydrogen) atoms. The fourth-order valence-corrected chi connectivity index (χ4v) is 4.75. The molecular formula is C35H28N2O2. The van der Waals surface area contributed by atoms with Crippen LogP contribution in [-0.2, 0) is 0 Å². The van der Waals surface area contributed by atoms with Gasteiger partial charge in [0.2, 0.25) is 0 Å². The predicted octanol–water partition coefficient (Wildman–Crippen LogP) is 7.81. The van der Waals surface area contributed by atoms with Crippen LogP contribution >= 0.6 is 0 Å². The van der Waals surface area contributed by atoms with Gasteiger partial charge in [0.15, 0.2) is 0 Å². The molecule has 0 aliphatic rings. The molecule has 3 aromatic carbocycles. The molecule has 0 aliphatic carbocycles. The number of aryl methyl sites for hydroxylation is 4. The number of nitrogens with zero attached hydrogens (tertiary/aromatic N) is 2. The predicted molar refractivity (Wildman–Crippen MR) is 157 cm³/mol. The normalized spacial score (nSPS) is 10.6. The molecule has 0 unspecified atom stereocenters. The van der Waals surface area contributed by atoms with E-state index in [-0.39, 0.29) is 5.56 Å². The number of rotatable bonds is 4. The quantitative estimate of drug-likeness (QED) is 0.252. The third-order valence-electron chi connectivity index (χ3n) is 6.90. The Morgan fingerprint density at radius 2 is 1.28 bits per heavy atom. The van der Waals surface area contributed by atoms with E-state index in [0.29, 0.717) is 0 Å². The highest BCUT2D eigenvalue weighted by Gasteiger charge is 2.13. The van der Waals surface area contributed by atoms with Crippen LogP contribution < -0.4 is 0 Å². The Morgan fingerprint density at radius 1 is 0.641 bits per heavy atom. The van der Waals surface area contributed by atoms with Crippen molar-refractivity contribution in [1.82, 2.24) is 9.97 Å². The van der Waals surface area contributed by atoms with Crippen LogP contribution in [0.1, 0.15) is 43.7 Å². The van der Waals surface area contributed by atoms with Crippen LogP contribution in [0.5, 0.6) is 0 Å². The summed E-state index contributed by atoms with van der Waals surface area (Å²) in [6, 6.07) is 25.5. The Bertz CT molecular complexity index is 1760. The van der Waals surface area contributed by atoms with Crippen molar-refractivity contribution in [3.63, 3.8) is 0 Å². The molecule has 4 nitrogen and oxygen atoms in total. The summed E-state index contributed by atoms with van der Waals surface area (Å²) >= 11 is 0. The first-order valence-electron chi connectivity index (χ1n) is 12.8. The Hall–Kier alpha value is -5.01. The van der Waals surface area contributed by atoms with Gasteiger partial charge in [-0.25, -0.2) is 4.79 Å². The van der Waals surface area contributed by atoms with E-state index in [9.17, 15) is 4.79 Å². The number of carboxylic acids is 1. The summed E-state index contributed by atoms with van der Waals surface area (Å²) in [5, 5.41) is 9.09. The van der Waals surface area contributed by atoms with Crippen molar-refractivity contribution >= 4 is 5.97 Å². The second kappa shape index (κ2) is 10.8. The molecule has 0 fully saturated rings. The van der Waals surface area contributed by atoms with Gasteiger partial charge in [0.1, 0.15) is 0 Å². The molecule has 0 bridgehead atoms. The molecular weight excluding hydrogens is 480 g/mol. The van der Waals surface area contributed by atoms with Crippen molar-refractivity contribution in [1.29, 1.82) is 0 Å². The number of carboxylic acid groups (broad SMARTS) is 1. The molecule has 4 heteroatoms. The number of pyridine rings is 2. The average molecular weight is 509 g/mol. The summed E-state index contributed by atoms with van der Waals surface area (Å²) in [4.78, 5) is 20.1. The molecule has 5 aromatic rings. The fraction of sp³-hybridized carbons (Fsp3) is 0.114. The molecule has 0 saturated carbocycles. The van der Waals surface area contributed by atoms with Gasteiger partial charge < -0.3 is 5.11 Å². The summed E-state index contributed by atoms with van der Waals surface area (Å²) in [7, 11) is 0. The lowest BCUT2D eigenvalue weighted by molar-refractivity contribution is 0.0697. The number of aromatic carboxylic acids is 1. The maximum atomic E-state index is 11.1. The Kier molecular flexibility index (Phi) is 7.08. The fourth-order valence-electron chi connectivity index (χ4n) is 4.75. The third-order valence-corrected chi connectivity index (χ3v) is 6.90. The molecule has 0 saturated heterocycles. The highest BCUT2D eigenvalue weighted by atomic mass is 16.4. The number of hydrogen-bond donors (Lipinski definition) is 1. The van der Waals surface area contributed by atoms with Crippen LogP contribution in [0.25, 0.3) is 33.6 Å². The first-order valence-corrected chi connectivity index (χ1v) is 12.8. The van der Waals surface area contributed by atoms with Crippen LogP contribution in [0.2, 0.25) is 0 Å². The van der Waals surface area contributed by atoms with Gasteiger partial charge in [0, 0.05) is 23.5 Å². The van der Waals surface area contributed by atoms with Crippen LogP contribution in [0.4, 0.5) is 0 Å².